The lowest BCUT2D eigenvalue weighted by Crippen LogP contribution is -2.46. The number of pyridine rings is 1. The molecule has 2 fully saturated rings. The van der Waals surface area contributed by atoms with E-state index in [9.17, 15) is 28.4 Å². The number of anilines is 2. The maximum Gasteiger partial charge on any atom is 0.332 e. The third-order valence-electron chi connectivity index (χ3n) is 6.89. The fourth-order valence-electron chi connectivity index (χ4n) is 4.84. The van der Waals surface area contributed by atoms with Gasteiger partial charge in [0.05, 0.1) is 48.3 Å². The number of benzene rings is 1. The molecule has 2 unspecified atom stereocenters. The number of nitrogens with zero attached hydrogens (tertiary/aromatic N) is 4. The molecule has 38 heavy (non-hydrogen) atoms. The summed E-state index contributed by atoms with van der Waals surface area (Å²) in [6.45, 7) is 1.21. The molecule has 0 aliphatic carbocycles. The van der Waals surface area contributed by atoms with Crippen LogP contribution in [0.5, 0.6) is 0 Å². The number of aromatic amines is 1. The number of nitriles is 1. The molecule has 2 atom stereocenters. The number of nitrogens with one attached hydrogen (secondary N) is 2. The first-order valence-electron chi connectivity index (χ1n) is 12.0. The van der Waals surface area contributed by atoms with Gasteiger partial charge < -0.3 is 24.9 Å². The van der Waals surface area contributed by atoms with E-state index in [0.717, 1.165) is 0 Å². The first-order valence-corrected chi connectivity index (χ1v) is 13.5. The van der Waals surface area contributed by atoms with Gasteiger partial charge in [0.15, 0.2) is 11.9 Å². The summed E-state index contributed by atoms with van der Waals surface area (Å²) in [7, 11) is -3.66. The summed E-state index contributed by atoms with van der Waals surface area (Å²) < 4.78 is 39.6. The zero-order valence-electron chi connectivity index (χ0n) is 20.3. The van der Waals surface area contributed by atoms with Crippen LogP contribution < -0.4 is 10.9 Å². The Bertz CT molecular complexity index is 1540. The standard InChI is InChI=1S/C24H26N6O7S/c25-9-8-24(7-5-19(23(32)33)37-15-24)30-18-6-10-26-22(31)20(18)21(28-30)27-16-1-3-17(4-2-16)38(34,35)29-11-13-36-14-12-29/h1-4,6,10,19H,5,7-8,11-15H2,(H,26,31)(H,27,28)(H,32,33). The number of carboxylic acids is 1. The summed E-state index contributed by atoms with van der Waals surface area (Å²) in [6, 6.07) is 9.94. The maximum atomic E-state index is 12.9. The van der Waals surface area contributed by atoms with Crippen LogP contribution in [0.3, 0.4) is 0 Å². The number of fused-ring (bicyclic) bond motifs is 1. The first kappa shape index (κ1) is 25.9. The van der Waals surface area contributed by atoms with Gasteiger partial charge >= 0.3 is 5.97 Å². The van der Waals surface area contributed by atoms with Crippen molar-refractivity contribution in [1.82, 2.24) is 19.1 Å². The molecule has 4 heterocycles. The zero-order chi connectivity index (χ0) is 26.9. The highest BCUT2D eigenvalue weighted by atomic mass is 32.2. The first-order chi connectivity index (χ1) is 18.2. The van der Waals surface area contributed by atoms with Gasteiger partial charge in [-0.25, -0.2) is 13.2 Å². The SMILES string of the molecule is N#CCC1(n2nc(Nc3ccc(S(=O)(=O)N4CCOCC4)cc3)c3c(=O)[nH]ccc32)CCC(C(=O)O)OC1. The Hall–Kier alpha value is -3.77. The van der Waals surface area contributed by atoms with Gasteiger partial charge in [-0.05, 0) is 43.2 Å². The van der Waals surface area contributed by atoms with Gasteiger partial charge in [-0.1, -0.05) is 0 Å². The van der Waals surface area contributed by atoms with Crippen molar-refractivity contribution in [2.75, 3.05) is 38.2 Å². The van der Waals surface area contributed by atoms with Crippen LogP contribution in [0.15, 0.2) is 46.2 Å². The lowest BCUT2D eigenvalue weighted by Gasteiger charge is -2.38. The van der Waals surface area contributed by atoms with Crippen LogP contribution in [0.2, 0.25) is 0 Å². The molecule has 0 bridgehead atoms. The molecule has 0 amide bonds. The van der Waals surface area contributed by atoms with Gasteiger partial charge in [-0.15, -0.1) is 0 Å². The van der Waals surface area contributed by atoms with Gasteiger partial charge in [-0.3, -0.25) is 9.48 Å². The number of sulfonamides is 1. The quantitative estimate of drug-likeness (QED) is 0.394. The normalized spacial score (nSPS) is 22.7. The van der Waals surface area contributed by atoms with Gasteiger partial charge in [0.2, 0.25) is 10.0 Å². The van der Waals surface area contributed by atoms with Crippen molar-refractivity contribution in [3.05, 3.63) is 46.9 Å². The number of hydrogen-bond acceptors (Lipinski definition) is 9. The topological polar surface area (TPSA) is 180 Å². The van der Waals surface area contributed by atoms with Crippen molar-refractivity contribution in [1.29, 1.82) is 5.26 Å². The van der Waals surface area contributed by atoms with E-state index in [-0.39, 0.29) is 48.6 Å². The second kappa shape index (κ2) is 10.2. The Kier molecular flexibility index (Phi) is 6.93. The minimum atomic E-state index is -3.66. The second-order valence-electron chi connectivity index (χ2n) is 9.23. The minimum absolute atomic E-state index is 0.00352. The van der Waals surface area contributed by atoms with Crippen LogP contribution >= 0.6 is 0 Å². The summed E-state index contributed by atoms with van der Waals surface area (Å²) in [5, 5.41) is 26.9. The van der Waals surface area contributed by atoms with E-state index in [0.29, 0.717) is 30.8 Å². The molecule has 0 radical (unpaired) electrons. The summed E-state index contributed by atoms with van der Waals surface area (Å²) >= 11 is 0. The fourth-order valence-corrected chi connectivity index (χ4v) is 6.25. The number of morpholine rings is 1. The van der Waals surface area contributed by atoms with Crippen molar-refractivity contribution in [2.45, 2.75) is 35.8 Å². The van der Waals surface area contributed by atoms with Crippen molar-refractivity contribution in [3.8, 4) is 6.07 Å². The van der Waals surface area contributed by atoms with E-state index in [1.165, 1.54) is 22.6 Å². The number of H-pyrrole nitrogens is 1. The molecule has 13 nitrogen and oxygen atoms in total. The van der Waals surface area contributed by atoms with E-state index in [1.807, 2.05) is 0 Å². The van der Waals surface area contributed by atoms with Crippen LogP contribution in [0.25, 0.3) is 10.9 Å². The summed E-state index contributed by atoms with van der Waals surface area (Å²) in [5.74, 6) is -0.859. The van der Waals surface area contributed by atoms with Crippen LogP contribution in [-0.2, 0) is 29.8 Å². The van der Waals surface area contributed by atoms with Crippen molar-refractivity contribution >= 4 is 38.4 Å². The number of carbonyl (C=O) groups is 1. The predicted molar refractivity (Wildman–Crippen MR) is 134 cm³/mol. The van der Waals surface area contributed by atoms with E-state index in [4.69, 9.17) is 9.47 Å². The van der Waals surface area contributed by atoms with E-state index in [1.54, 1.807) is 22.9 Å². The average molecular weight is 543 g/mol. The van der Waals surface area contributed by atoms with E-state index < -0.39 is 33.2 Å². The molecule has 200 valence electrons. The van der Waals surface area contributed by atoms with Gasteiger partial charge in [0.25, 0.3) is 5.56 Å². The van der Waals surface area contributed by atoms with Crippen molar-refractivity contribution < 1.29 is 27.8 Å². The molecule has 0 spiro atoms. The third-order valence-corrected chi connectivity index (χ3v) is 8.80. The molecule has 1 aromatic carbocycles. The second-order valence-corrected chi connectivity index (χ2v) is 11.2. The van der Waals surface area contributed by atoms with Crippen LogP contribution in [0.1, 0.15) is 19.3 Å². The molecule has 3 N–H and O–H groups in total. The van der Waals surface area contributed by atoms with Crippen molar-refractivity contribution in [2.24, 2.45) is 0 Å². The maximum absolute atomic E-state index is 12.9. The Morgan fingerprint density at radius 3 is 2.63 bits per heavy atom. The number of hydrogen-bond donors (Lipinski definition) is 3. The largest absolute Gasteiger partial charge is 0.479 e. The highest BCUT2D eigenvalue weighted by Gasteiger charge is 2.42. The molecular formula is C24H26N6O7S. The molecule has 2 aliphatic rings. The third kappa shape index (κ3) is 4.65. The number of aromatic nitrogens is 3. The highest BCUT2D eigenvalue weighted by Crippen LogP contribution is 2.37. The highest BCUT2D eigenvalue weighted by molar-refractivity contribution is 7.89. The Labute approximate surface area is 217 Å². The number of ether oxygens (including phenoxy) is 2. The monoisotopic (exact) mass is 542 g/mol. The smallest absolute Gasteiger partial charge is 0.332 e. The molecule has 3 aromatic rings. The molecule has 5 rings (SSSR count). The van der Waals surface area contributed by atoms with Gasteiger partial charge in [0, 0.05) is 25.0 Å². The van der Waals surface area contributed by atoms with Crippen LogP contribution in [0.4, 0.5) is 11.5 Å². The summed E-state index contributed by atoms with van der Waals surface area (Å²) in [5.41, 5.74) is -0.422. The molecule has 0 saturated carbocycles. The van der Waals surface area contributed by atoms with E-state index in [2.05, 4.69) is 21.5 Å². The number of carboxylic acid groups (broad SMARTS) is 1. The summed E-state index contributed by atoms with van der Waals surface area (Å²) in [6.07, 6.45) is 0.993. The Balaban J connectivity index is 1.48. The fraction of sp³-hybridized carbons (Fsp3) is 0.417. The number of rotatable bonds is 7. The lowest BCUT2D eigenvalue weighted by molar-refractivity contribution is -0.158. The molecular weight excluding hydrogens is 516 g/mol. The Morgan fingerprint density at radius 1 is 1.26 bits per heavy atom. The van der Waals surface area contributed by atoms with E-state index >= 15 is 0 Å². The molecule has 2 saturated heterocycles. The Morgan fingerprint density at radius 2 is 2.00 bits per heavy atom. The minimum Gasteiger partial charge on any atom is -0.479 e. The van der Waals surface area contributed by atoms with Crippen molar-refractivity contribution in [3.63, 3.8) is 0 Å². The van der Waals surface area contributed by atoms with Gasteiger partial charge in [0.1, 0.15) is 5.39 Å². The van der Waals surface area contributed by atoms with Crippen LogP contribution in [0, 0.1) is 11.3 Å². The zero-order valence-corrected chi connectivity index (χ0v) is 21.1. The summed E-state index contributed by atoms with van der Waals surface area (Å²) in [4.78, 5) is 27.0. The molecule has 2 aromatic heterocycles. The van der Waals surface area contributed by atoms with Gasteiger partial charge in [-0.2, -0.15) is 14.7 Å². The average Bonchev–Trinajstić information content (AvgIpc) is 3.30. The molecule has 14 heteroatoms. The lowest BCUT2D eigenvalue weighted by atomic mass is 9.87. The predicted octanol–water partition coefficient (Wildman–Crippen LogP) is 1.36. The molecule has 2 aliphatic heterocycles. The van der Waals surface area contributed by atoms with Crippen LogP contribution in [-0.4, -0.2) is 77.6 Å². The number of aliphatic carboxylic acids is 1.